The molecule has 4 rings (SSSR count). The Kier molecular flexibility index (Phi) is 3.21. The fourth-order valence-corrected chi connectivity index (χ4v) is 2.73. The molecule has 0 unspecified atom stereocenters. The van der Waals surface area contributed by atoms with Crippen molar-refractivity contribution in [2.24, 2.45) is 0 Å². The second kappa shape index (κ2) is 5.20. The third kappa shape index (κ3) is 2.39. The predicted molar refractivity (Wildman–Crippen MR) is 84.0 cm³/mol. The highest BCUT2D eigenvalue weighted by Crippen LogP contribution is 2.36. The number of rotatable bonds is 1. The molecule has 1 aromatic carbocycles. The van der Waals surface area contributed by atoms with E-state index in [0.717, 1.165) is 11.6 Å². The lowest BCUT2D eigenvalue weighted by Crippen LogP contribution is -2.31. The highest BCUT2D eigenvalue weighted by atomic mass is 19.4. The minimum absolute atomic E-state index is 0.216. The highest BCUT2D eigenvalue weighted by Gasteiger charge is 2.35. The minimum atomic E-state index is -4.78. The summed E-state index contributed by atoms with van der Waals surface area (Å²) in [4.78, 5) is 0. The van der Waals surface area contributed by atoms with Gasteiger partial charge in [0.15, 0.2) is 11.5 Å². The Balaban J connectivity index is 1.99. The van der Waals surface area contributed by atoms with E-state index in [1.165, 1.54) is 16.8 Å². The van der Waals surface area contributed by atoms with Crippen molar-refractivity contribution < 1.29 is 17.6 Å². The quantitative estimate of drug-likeness (QED) is 0.679. The van der Waals surface area contributed by atoms with Gasteiger partial charge >= 0.3 is 6.18 Å². The van der Waals surface area contributed by atoms with E-state index in [0.29, 0.717) is 11.1 Å². The molecule has 0 amide bonds. The van der Waals surface area contributed by atoms with Gasteiger partial charge in [0, 0.05) is 17.8 Å². The molecule has 0 bridgehead atoms. The zero-order valence-electron chi connectivity index (χ0n) is 12.8. The van der Waals surface area contributed by atoms with E-state index >= 15 is 0 Å². The van der Waals surface area contributed by atoms with Crippen molar-refractivity contribution in [3.05, 3.63) is 60.0 Å². The van der Waals surface area contributed by atoms with E-state index in [9.17, 15) is 17.6 Å². The predicted octanol–water partition coefficient (Wildman–Crippen LogP) is 3.78. The van der Waals surface area contributed by atoms with E-state index in [1.54, 1.807) is 23.5 Å². The van der Waals surface area contributed by atoms with Gasteiger partial charge in [-0.1, -0.05) is 6.07 Å². The van der Waals surface area contributed by atoms with Gasteiger partial charge in [-0.15, -0.1) is 10.2 Å². The van der Waals surface area contributed by atoms with E-state index in [2.05, 4.69) is 15.6 Å². The number of hydrogen-bond donors (Lipinski definition) is 1. The van der Waals surface area contributed by atoms with Gasteiger partial charge in [-0.05, 0) is 30.7 Å². The zero-order chi connectivity index (χ0) is 17.8. The maximum absolute atomic E-state index is 14.5. The number of allylic oxidation sites excluding steroid dienone is 2. The first-order chi connectivity index (χ1) is 11.9. The first kappa shape index (κ1) is 15.4. The average molecular weight is 349 g/mol. The molecule has 0 saturated heterocycles. The third-order valence-corrected chi connectivity index (χ3v) is 3.94. The maximum Gasteiger partial charge on any atom is 0.419 e. The summed E-state index contributed by atoms with van der Waals surface area (Å²) >= 11 is 0. The number of hydrazine groups is 1. The SMILES string of the molecule is CC1=CNN(c2cc3ccc(C(F)(F)F)c(F)c3n3cnnc23)C=C1. The van der Waals surface area contributed by atoms with Crippen LogP contribution < -0.4 is 10.4 Å². The Hall–Kier alpha value is -3.10. The van der Waals surface area contributed by atoms with Gasteiger partial charge in [0.25, 0.3) is 0 Å². The van der Waals surface area contributed by atoms with Gasteiger partial charge in [-0.3, -0.25) is 9.41 Å². The summed E-state index contributed by atoms with van der Waals surface area (Å²) in [5.74, 6) is -1.35. The van der Waals surface area contributed by atoms with Gasteiger partial charge in [-0.25, -0.2) is 4.39 Å². The smallest absolute Gasteiger partial charge is 0.301 e. The van der Waals surface area contributed by atoms with Crippen molar-refractivity contribution in [1.29, 1.82) is 0 Å². The molecule has 3 aromatic rings. The molecule has 0 radical (unpaired) electrons. The summed E-state index contributed by atoms with van der Waals surface area (Å²) in [6.45, 7) is 1.90. The van der Waals surface area contributed by atoms with Crippen molar-refractivity contribution in [2.75, 3.05) is 5.01 Å². The van der Waals surface area contributed by atoms with Crippen LogP contribution in [0.25, 0.3) is 16.6 Å². The number of halogens is 4. The molecule has 0 aliphatic carbocycles. The fraction of sp³-hybridized carbons (Fsp3) is 0.125. The first-order valence-electron chi connectivity index (χ1n) is 7.29. The summed E-state index contributed by atoms with van der Waals surface area (Å²) in [5.41, 5.74) is 3.23. The van der Waals surface area contributed by atoms with Crippen LogP contribution in [-0.2, 0) is 6.18 Å². The van der Waals surface area contributed by atoms with Crippen LogP contribution >= 0.6 is 0 Å². The molecule has 1 aliphatic heterocycles. The Bertz CT molecular complexity index is 1050. The fourth-order valence-electron chi connectivity index (χ4n) is 2.73. The molecule has 25 heavy (non-hydrogen) atoms. The van der Waals surface area contributed by atoms with Crippen molar-refractivity contribution in [1.82, 2.24) is 20.0 Å². The molecule has 9 heteroatoms. The van der Waals surface area contributed by atoms with Crippen molar-refractivity contribution in [3.8, 4) is 0 Å². The molecule has 0 spiro atoms. The van der Waals surface area contributed by atoms with Crippen molar-refractivity contribution in [3.63, 3.8) is 0 Å². The number of aromatic nitrogens is 3. The van der Waals surface area contributed by atoms with Gasteiger partial charge in [-0.2, -0.15) is 13.2 Å². The molecule has 1 N–H and O–H groups in total. The molecule has 128 valence electrons. The maximum atomic E-state index is 14.5. The molecule has 1 aliphatic rings. The minimum Gasteiger partial charge on any atom is -0.301 e. The van der Waals surface area contributed by atoms with Gasteiger partial charge in [0.2, 0.25) is 0 Å². The van der Waals surface area contributed by atoms with E-state index in [1.807, 2.05) is 13.0 Å². The monoisotopic (exact) mass is 349 g/mol. The number of nitrogens with zero attached hydrogens (tertiary/aromatic N) is 4. The summed E-state index contributed by atoms with van der Waals surface area (Å²) < 4.78 is 54.8. The lowest BCUT2D eigenvalue weighted by Gasteiger charge is -2.24. The molecule has 2 aromatic heterocycles. The Morgan fingerprint density at radius 1 is 1.20 bits per heavy atom. The van der Waals surface area contributed by atoms with Gasteiger partial charge in [0.1, 0.15) is 12.0 Å². The summed E-state index contributed by atoms with van der Waals surface area (Å²) in [7, 11) is 0. The normalized spacial score (nSPS) is 14.9. The molecule has 0 atom stereocenters. The number of pyridine rings is 1. The van der Waals surface area contributed by atoms with Crippen LogP contribution in [0.2, 0.25) is 0 Å². The standard InChI is InChI=1S/C16H11F4N5/c1-9-4-5-25(22-7-9)12-6-10-2-3-11(16(18,19)20)13(17)14(10)24-8-21-23-15(12)24/h2-8,22H,1H3. The van der Waals surface area contributed by atoms with Gasteiger partial charge in [0.05, 0.1) is 11.1 Å². The number of hydrogen-bond acceptors (Lipinski definition) is 4. The second-order valence-electron chi connectivity index (χ2n) is 5.62. The first-order valence-corrected chi connectivity index (χ1v) is 7.29. The van der Waals surface area contributed by atoms with Crippen LogP contribution in [-0.4, -0.2) is 14.6 Å². The summed E-state index contributed by atoms with van der Waals surface area (Å²) in [5, 5.41) is 9.58. The Morgan fingerprint density at radius 2 is 2.00 bits per heavy atom. The van der Waals surface area contributed by atoms with Crippen LogP contribution in [0.15, 0.2) is 48.6 Å². The molecular weight excluding hydrogens is 338 g/mol. The molecule has 3 heterocycles. The van der Waals surface area contributed by atoms with E-state index in [4.69, 9.17) is 0 Å². The van der Waals surface area contributed by atoms with Crippen LogP contribution in [0.3, 0.4) is 0 Å². The van der Waals surface area contributed by atoms with E-state index < -0.39 is 17.6 Å². The van der Waals surface area contributed by atoms with Crippen LogP contribution in [0.4, 0.5) is 23.2 Å². The number of nitrogens with one attached hydrogen (secondary N) is 1. The molecule has 5 nitrogen and oxygen atoms in total. The topological polar surface area (TPSA) is 45.5 Å². The van der Waals surface area contributed by atoms with Crippen LogP contribution in [0.1, 0.15) is 12.5 Å². The summed E-state index contributed by atoms with van der Waals surface area (Å²) in [6, 6.07) is 3.54. The molecular formula is C16H11F4N5. The average Bonchev–Trinajstić information content (AvgIpc) is 3.03. The van der Waals surface area contributed by atoms with Crippen molar-refractivity contribution >= 4 is 22.2 Å². The van der Waals surface area contributed by atoms with Gasteiger partial charge < -0.3 is 5.43 Å². The number of alkyl halides is 3. The number of anilines is 1. The number of fused-ring (bicyclic) bond motifs is 3. The second-order valence-corrected chi connectivity index (χ2v) is 5.62. The van der Waals surface area contributed by atoms with Crippen LogP contribution in [0, 0.1) is 5.82 Å². The Morgan fingerprint density at radius 3 is 2.68 bits per heavy atom. The Labute approximate surface area is 138 Å². The third-order valence-electron chi connectivity index (χ3n) is 3.94. The molecule has 0 fully saturated rings. The lowest BCUT2D eigenvalue weighted by atomic mass is 10.1. The number of benzene rings is 1. The summed E-state index contributed by atoms with van der Waals surface area (Å²) in [6.07, 6.45) is 1.76. The zero-order valence-corrected chi connectivity index (χ0v) is 12.8. The highest BCUT2D eigenvalue weighted by molar-refractivity contribution is 5.90. The largest absolute Gasteiger partial charge is 0.419 e. The van der Waals surface area contributed by atoms with Crippen molar-refractivity contribution in [2.45, 2.75) is 13.1 Å². The van der Waals surface area contributed by atoms with E-state index in [-0.39, 0.29) is 11.2 Å². The van der Waals surface area contributed by atoms with Crippen LogP contribution in [0.5, 0.6) is 0 Å². The molecule has 0 saturated carbocycles. The lowest BCUT2D eigenvalue weighted by molar-refractivity contribution is -0.139.